The molecule has 2 aromatic carbocycles. The maximum Gasteiger partial charge on any atom is 0.191 e. The van der Waals surface area contributed by atoms with Gasteiger partial charge < -0.3 is 24.8 Å². The van der Waals surface area contributed by atoms with Crippen molar-refractivity contribution in [2.24, 2.45) is 4.99 Å². The van der Waals surface area contributed by atoms with Crippen LogP contribution in [0.1, 0.15) is 24.0 Å². The smallest absolute Gasteiger partial charge is 0.191 e. The Balaban J connectivity index is 0.00000320. The first-order valence-electron chi connectivity index (χ1n) is 9.55. The Kier molecular flexibility index (Phi) is 8.57. The Morgan fingerprint density at radius 1 is 1.03 bits per heavy atom. The van der Waals surface area contributed by atoms with Crippen LogP contribution in [0.25, 0.3) is 0 Å². The van der Waals surface area contributed by atoms with Gasteiger partial charge in [0.15, 0.2) is 5.96 Å². The largest absolute Gasteiger partial charge is 0.496 e. The van der Waals surface area contributed by atoms with E-state index < -0.39 is 0 Å². The number of aliphatic imine (C=N–C) groups is 1. The first kappa shape index (κ1) is 24.0. The van der Waals surface area contributed by atoms with E-state index in [1.165, 1.54) is 6.07 Å². The van der Waals surface area contributed by atoms with E-state index in [4.69, 9.17) is 14.2 Å². The normalized spacial score (nSPS) is 14.4. The second-order valence-electron chi connectivity index (χ2n) is 7.05. The summed E-state index contributed by atoms with van der Waals surface area (Å²) in [5, 5.41) is 6.61. The fraction of sp³-hybridized carbons (Fsp3) is 0.409. The molecule has 8 heteroatoms. The summed E-state index contributed by atoms with van der Waals surface area (Å²) in [5.74, 6) is 2.46. The van der Waals surface area contributed by atoms with Gasteiger partial charge in [-0.25, -0.2) is 4.39 Å². The number of benzene rings is 2. The summed E-state index contributed by atoms with van der Waals surface area (Å²) in [6, 6.07) is 10.6. The Bertz CT molecular complexity index is 863. The van der Waals surface area contributed by atoms with Gasteiger partial charge in [0.25, 0.3) is 0 Å². The Labute approximate surface area is 194 Å². The van der Waals surface area contributed by atoms with E-state index in [0.717, 1.165) is 24.0 Å². The van der Waals surface area contributed by atoms with Crippen LogP contribution >= 0.6 is 24.0 Å². The molecule has 1 fully saturated rings. The zero-order valence-electron chi connectivity index (χ0n) is 17.8. The molecule has 30 heavy (non-hydrogen) atoms. The molecule has 2 N–H and O–H groups in total. The van der Waals surface area contributed by atoms with Crippen molar-refractivity contribution in [1.29, 1.82) is 0 Å². The quantitative estimate of drug-likeness (QED) is 0.309. The highest BCUT2D eigenvalue weighted by Crippen LogP contribution is 2.48. The number of hydrogen-bond acceptors (Lipinski definition) is 4. The molecule has 0 heterocycles. The van der Waals surface area contributed by atoms with Crippen molar-refractivity contribution < 1.29 is 18.6 Å². The van der Waals surface area contributed by atoms with Crippen molar-refractivity contribution in [1.82, 2.24) is 10.6 Å². The predicted molar refractivity (Wildman–Crippen MR) is 127 cm³/mol. The fourth-order valence-corrected chi connectivity index (χ4v) is 3.48. The van der Waals surface area contributed by atoms with Crippen molar-refractivity contribution in [2.45, 2.75) is 24.8 Å². The molecule has 1 aliphatic rings. The molecule has 0 atom stereocenters. The van der Waals surface area contributed by atoms with Crippen molar-refractivity contribution in [3.05, 3.63) is 53.3 Å². The standard InChI is InChI=1S/C22H28FN3O3.HI/c1-24-21(26-14-22(9-10-22)17-7-5-6-8-18(17)23)25-13-16-19(28-3)11-15(27-2)12-20(16)29-4;/h5-8,11-12H,9-10,13-14H2,1-4H3,(H2,24,25,26);1H. The predicted octanol–water partition coefficient (Wildman–Crippen LogP) is 3.87. The summed E-state index contributed by atoms with van der Waals surface area (Å²) in [7, 11) is 6.52. The SMILES string of the molecule is CN=C(NCc1c(OC)cc(OC)cc1OC)NCC1(c2ccccc2F)CC1.I. The summed E-state index contributed by atoms with van der Waals surface area (Å²) < 4.78 is 30.5. The molecular formula is C22H29FIN3O3. The summed E-state index contributed by atoms with van der Waals surface area (Å²) >= 11 is 0. The number of rotatable bonds is 8. The topological polar surface area (TPSA) is 64.1 Å². The summed E-state index contributed by atoms with van der Waals surface area (Å²) in [4.78, 5) is 4.29. The second-order valence-corrected chi connectivity index (χ2v) is 7.05. The van der Waals surface area contributed by atoms with Gasteiger partial charge in [-0.2, -0.15) is 0 Å². The van der Waals surface area contributed by atoms with Gasteiger partial charge in [0.1, 0.15) is 23.1 Å². The first-order chi connectivity index (χ1) is 14.1. The van der Waals surface area contributed by atoms with Crippen LogP contribution in [0, 0.1) is 5.82 Å². The van der Waals surface area contributed by atoms with Crippen molar-refractivity contribution in [3.63, 3.8) is 0 Å². The number of methoxy groups -OCH3 is 3. The number of hydrogen-bond donors (Lipinski definition) is 2. The first-order valence-corrected chi connectivity index (χ1v) is 9.55. The van der Waals surface area contributed by atoms with E-state index in [1.807, 2.05) is 24.3 Å². The molecule has 0 unspecified atom stereocenters. The molecule has 2 aromatic rings. The van der Waals surface area contributed by atoms with E-state index in [9.17, 15) is 4.39 Å². The van der Waals surface area contributed by atoms with Crippen LogP contribution in [0.5, 0.6) is 17.2 Å². The van der Waals surface area contributed by atoms with E-state index in [0.29, 0.717) is 36.3 Å². The third kappa shape index (κ3) is 5.27. The molecule has 0 aliphatic heterocycles. The lowest BCUT2D eigenvalue weighted by Crippen LogP contribution is -2.41. The van der Waals surface area contributed by atoms with Gasteiger partial charge in [0.2, 0.25) is 0 Å². The molecule has 1 saturated carbocycles. The van der Waals surface area contributed by atoms with E-state index in [1.54, 1.807) is 34.4 Å². The lowest BCUT2D eigenvalue weighted by molar-refractivity contribution is 0.368. The average Bonchev–Trinajstić information content (AvgIpc) is 3.54. The molecule has 1 aliphatic carbocycles. The van der Waals surface area contributed by atoms with Gasteiger partial charge in [0.05, 0.1) is 33.4 Å². The summed E-state index contributed by atoms with van der Waals surface area (Å²) in [5.41, 5.74) is 1.45. The lowest BCUT2D eigenvalue weighted by Gasteiger charge is -2.20. The van der Waals surface area contributed by atoms with Crippen molar-refractivity contribution >= 4 is 29.9 Å². The minimum Gasteiger partial charge on any atom is -0.496 e. The van der Waals surface area contributed by atoms with Crippen LogP contribution in [0.3, 0.4) is 0 Å². The summed E-state index contributed by atoms with van der Waals surface area (Å²) in [6.07, 6.45) is 1.91. The molecule has 0 bridgehead atoms. The third-order valence-electron chi connectivity index (χ3n) is 5.37. The molecular weight excluding hydrogens is 500 g/mol. The van der Waals surface area contributed by atoms with Crippen LogP contribution in [-0.2, 0) is 12.0 Å². The molecule has 6 nitrogen and oxygen atoms in total. The van der Waals surface area contributed by atoms with Crippen molar-refractivity contribution in [2.75, 3.05) is 34.9 Å². The number of nitrogens with zero attached hydrogens (tertiary/aromatic N) is 1. The molecule has 3 rings (SSSR count). The highest BCUT2D eigenvalue weighted by atomic mass is 127. The van der Waals surface area contributed by atoms with Crippen LogP contribution in [0.15, 0.2) is 41.4 Å². The number of nitrogens with one attached hydrogen (secondary N) is 2. The van der Waals surface area contributed by atoms with Crippen LogP contribution < -0.4 is 24.8 Å². The monoisotopic (exact) mass is 529 g/mol. The second kappa shape index (κ2) is 10.7. The van der Waals surface area contributed by atoms with Gasteiger partial charge in [-0.05, 0) is 24.5 Å². The minimum atomic E-state index is -0.168. The van der Waals surface area contributed by atoms with Gasteiger partial charge in [0, 0.05) is 31.1 Å². The number of halogens is 2. The molecule has 164 valence electrons. The van der Waals surface area contributed by atoms with Gasteiger partial charge in [-0.3, -0.25) is 4.99 Å². The molecule has 0 saturated heterocycles. The third-order valence-corrected chi connectivity index (χ3v) is 5.37. The average molecular weight is 529 g/mol. The Morgan fingerprint density at radius 3 is 2.17 bits per heavy atom. The number of ether oxygens (including phenoxy) is 3. The van der Waals surface area contributed by atoms with Crippen LogP contribution in [0.2, 0.25) is 0 Å². The molecule has 0 spiro atoms. The number of guanidine groups is 1. The maximum atomic E-state index is 14.2. The Morgan fingerprint density at radius 2 is 1.67 bits per heavy atom. The fourth-order valence-electron chi connectivity index (χ4n) is 3.48. The summed E-state index contributed by atoms with van der Waals surface area (Å²) in [6.45, 7) is 1.06. The lowest BCUT2D eigenvalue weighted by atomic mass is 9.95. The van der Waals surface area contributed by atoms with Crippen LogP contribution in [0.4, 0.5) is 4.39 Å². The molecule has 0 radical (unpaired) electrons. The highest BCUT2D eigenvalue weighted by molar-refractivity contribution is 14.0. The van der Waals surface area contributed by atoms with E-state index >= 15 is 0 Å². The van der Waals surface area contributed by atoms with Gasteiger partial charge in [-0.15, -0.1) is 24.0 Å². The highest BCUT2D eigenvalue weighted by Gasteiger charge is 2.45. The van der Waals surface area contributed by atoms with Gasteiger partial charge in [-0.1, -0.05) is 18.2 Å². The van der Waals surface area contributed by atoms with E-state index in [2.05, 4.69) is 15.6 Å². The molecule has 0 aromatic heterocycles. The van der Waals surface area contributed by atoms with Gasteiger partial charge >= 0.3 is 0 Å². The zero-order valence-corrected chi connectivity index (χ0v) is 20.1. The molecule has 0 amide bonds. The minimum absolute atomic E-state index is 0. The van der Waals surface area contributed by atoms with Crippen molar-refractivity contribution in [3.8, 4) is 17.2 Å². The van der Waals surface area contributed by atoms with Crippen LogP contribution in [-0.4, -0.2) is 40.9 Å². The zero-order chi connectivity index (χ0) is 20.9. The Hall–Kier alpha value is -2.23. The van der Waals surface area contributed by atoms with E-state index in [-0.39, 0.29) is 35.2 Å². The maximum absolute atomic E-state index is 14.2.